The van der Waals surface area contributed by atoms with Crippen LogP contribution in [0.4, 0.5) is 5.13 Å². The quantitative estimate of drug-likeness (QED) is 0.627. The number of aromatic nitrogens is 1. The van der Waals surface area contributed by atoms with E-state index in [1.807, 2.05) is 42.5 Å². The molecule has 0 saturated heterocycles. The summed E-state index contributed by atoms with van der Waals surface area (Å²) in [5.41, 5.74) is 2.29. The second-order valence-corrected chi connectivity index (χ2v) is 8.21. The van der Waals surface area contributed by atoms with E-state index in [0.29, 0.717) is 17.2 Å². The van der Waals surface area contributed by atoms with E-state index in [1.54, 1.807) is 19.2 Å². The van der Waals surface area contributed by atoms with Gasteiger partial charge in [0, 0.05) is 22.5 Å². The highest BCUT2D eigenvalue weighted by Crippen LogP contribution is 2.37. The first-order chi connectivity index (χ1) is 14.7. The van der Waals surface area contributed by atoms with Crippen molar-refractivity contribution in [1.82, 2.24) is 10.3 Å². The predicted octanol–water partition coefficient (Wildman–Crippen LogP) is 4.14. The Morgan fingerprint density at radius 2 is 1.90 bits per heavy atom. The molecule has 0 radical (unpaired) electrons. The maximum Gasteiger partial charge on any atom is 0.257 e. The van der Waals surface area contributed by atoms with Crippen LogP contribution in [0.1, 0.15) is 45.3 Å². The van der Waals surface area contributed by atoms with Crippen molar-refractivity contribution in [1.29, 1.82) is 0 Å². The van der Waals surface area contributed by atoms with Crippen LogP contribution in [0.25, 0.3) is 0 Å². The molecule has 0 fully saturated rings. The van der Waals surface area contributed by atoms with E-state index in [-0.39, 0.29) is 17.7 Å². The van der Waals surface area contributed by atoms with Gasteiger partial charge in [-0.05, 0) is 37.5 Å². The number of methoxy groups -OCH3 is 1. The summed E-state index contributed by atoms with van der Waals surface area (Å²) in [5.74, 6) is 0.204. The third kappa shape index (κ3) is 4.36. The van der Waals surface area contributed by atoms with Crippen LogP contribution in [0.3, 0.4) is 0 Å². The predicted molar refractivity (Wildman–Crippen MR) is 117 cm³/mol. The number of anilines is 1. The standard InChI is InChI=1S/C23H23N3O3S/c1-29-18-12-6-5-10-16(18)14-24-22(28)17-11-7-13-19-20(17)25-23(30-19)26-21(27)15-8-3-2-4-9-15/h2-6,8-10,12,17H,7,11,13-14H2,1H3,(H,24,28)(H,25,26,27)/t17-/m1/s1. The van der Waals surface area contributed by atoms with E-state index in [9.17, 15) is 9.59 Å². The molecular formula is C23H23N3O3S. The second kappa shape index (κ2) is 9.09. The van der Waals surface area contributed by atoms with Crippen LogP contribution < -0.4 is 15.4 Å². The fourth-order valence-electron chi connectivity index (χ4n) is 3.64. The first kappa shape index (κ1) is 20.1. The van der Waals surface area contributed by atoms with Gasteiger partial charge in [-0.3, -0.25) is 14.9 Å². The van der Waals surface area contributed by atoms with Gasteiger partial charge in [-0.25, -0.2) is 4.98 Å². The van der Waals surface area contributed by atoms with E-state index in [0.717, 1.165) is 41.1 Å². The molecule has 2 N–H and O–H groups in total. The summed E-state index contributed by atoms with van der Waals surface area (Å²) < 4.78 is 5.35. The van der Waals surface area contributed by atoms with Crippen molar-refractivity contribution in [2.24, 2.45) is 0 Å². The van der Waals surface area contributed by atoms with Crippen LogP contribution in [0.15, 0.2) is 54.6 Å². The third-order valence-electron chi connectivity index (χ3n) is 5.17. The van der Waals surface area contributed by atoms with Crippen LogP contribution in [0.2, 0.25) is 0 Å². The average Bonchev–Trinajstić information content (AvgIpc) is 3.20. The summed E-state index contributed by atoms with van der Waals surface area (Å²) in [7, 11) is 1.62. The Bertz CT molecular complexity index is 1050. The molecule has 2 aromatic carbocycles. The number of para-hydroxylation sites is 1. The molecule has 154 valence electrons. The Kier molecular flexibility index (Phi) is 6.09. The van der Waals surface area contributed by atoms with Crippen LogP contribution >= 0.6 is 11.3 Å². The van der Waals surface area contributed by atoms with Crippen molar-refractivity contribution in [2.75, 3.05) is 12.4 Å². The highest BCUT2D eigenvalue weighted by atomic mass is 32.1. The van der Waals surface area contributed by atoms with Gasteiger partial charge in [-0.1, -0.05) is 36.4 Å². The number of ether oxygens (including phenoxy) is 1. The van der Waals surface area contributed by atoms with Crippen LogP contribution in [-0.2, 0) is 17.8 Å². The monoisotopic (exact) mass is 421 g/mol. The second-order valence-electron chi connectivity index (χ2n) is 7.12. The Morgan fingerprint density at radius 1 is 1.13 bits per heavy atom. The van der Waals surface area contributed by atoms with Crippen molar-refractivity contribution in [3.63, 3.8) is 0 Å². The van der Waals surface area contributed by atoms with E-state index in [2.05, 4.69) is 15.6 Å². The zero-order chi connectivity index (χ0) is 20.9. The molecule has 1 aliphatic carbocycles. The topological polar surface area (TPSA) is 80.3 Å². The van der Waals surface area contributed by atoms with E-state index in [4.69, 9.17) is 4.74 Å². The van der Waals surface area contributed by atoms with E-state index < -0.39 is 0 Å². The van der Waals surface area contributed by atoms with Crippen molar-refractivity contribution in [3.05, 3.63) is 76.3 Å². The summed E-state index contributed by atoms with van der Waals surface area (Å²) in [6, 6.07) is 16.7. The Labute approximate surface area is 179 Å². The summed E-state index contributed by atoms with van der Waals surface area (Å²) in [4.78, 5) is 31.0. The number of aryl methyl sites for hydroxylation is 1. The molecule has 1 atom stereocenters. The van der Waals surface area contributed by atoms with Gasteiger partial charge < -0.3 is 10.1 Å². The lowest BCUT2D eigenvalue weighted by Gasteiger charge is -2.20. The number of hydrogen-bond donors (Lipinski definition) is 2. The molecule has 7 heteroatoms. The number of carbonyl (C=O) groups is 2. The first-order valence-corrected chi connectivity index (χ1v) is 10.7. The summed E-state index contributed by atoms with van der Waals surface area (Å²) in [6.07, 6.45) is 2.55. The molecule has 0 aliphatic heterocycles. The SMILES string of the molecule is COc1ccccc1CNC(=O)[C@@H]1CCCc2sc(NC(=O)c3ccccc3)nc21. The molecular weight excluding hydrogens is 398 g/mol. The van der Waals surface area contributed by atoms with Crippen molar-refractivity contribution < 1.29 is 14.3 Å². The smallest absolute Gasteiger partial charge is 0.257 e. The van der Waals surface area contributed by atoms with E-state index >= 15 is 0 Å². The van der Waals surface area contributed by atoms with Crippen LogP contribution in [0, 0.1) is 0 Å². The number of carbonyl (C=O) groups excluding carboxylic acids is 2. The van der Waals surface area contributed by atoms with Gasteiger partial charge in [0.25, 0.3) is 5.91 Å². The van der Waals surface area contributed by atoms with Crippen molar-refractivity contribution >= 4 is 28.3 Å². The van der Waals surface area contributed by atoms with E-state index in [1.165, 1.54) is 11.3 Å². The lowest BCUT2D eigenvalue weighted by Crippen LogP contribution is -2.31. The number of rotatable bonds is 6. The first-order valence-electron chi connectivity index (χ1n) is 9.91. The van der Waals surface area contributed by atoms with Crippen LogP contribution in [-0.4, -0.2) is 23.9 Å². The molecule has 0 unspecified atom stereocenters. The van der Waals surface area contributed by atoms with Gasteiger partial charge in [0.1, 0.15) is 5.75 Å². The molecule has 3 aromatic rings. The molecule has 1 aromatic heterocycles. The van der Waals surface area contributed by atoms with Gasteiger partial charge in [-0.15, -0.1) is 11.3 Å². The molecule has 0 saturated carbocycles. The number of benzene rings is 2. The van der Waals surface area contributed by atoms with Gasteiger partial charge >= 0.3 is 0 Å². The number of nitrogens with zero attached hydrogens (tertiary/aromatic N) is 1. The number of thiazole rings is 1. The van der Waals surface area contributed by atoms with Gasteiger partial charge in [0.2, 0.25) is 5.91 Å². The molecule has 0 bridgehead atoms. The molecule has 1 aliphatic rings. The fraction of sp³-hybridized carbons (Fsp3) is 0.261. The minimum Gasteiger partial charge on any atom is -0.496 e. The molecule has 6 nitrogen and oxygen atoms in total. The highest BCUT2D eigenvalue weighted by Gasteiger charge is 2.30. The number of amides is 2. The zero-order valence-electron chi connectivity index (χ0n) is 16.7. The Morgan fingerprint density at radius 3 is 2.70 bits per heavy atom. The Hall–Kier alpha value is -3.19. The van der Waals surface area contributed by atoms with Gasteiger partial charge in [-0.2, -0.15) is 0 Å². The average molecular weight is 422 g/mol. The summed E-state index contributed by atoms with van der Waals surface area (Å²) in [5, 5.41) is 6.43. The number of nitrogens with one attached hydrogen (secondary N) is 2. The Balaban J connectivity index is 1.45. The molecule has 30 heavy (non-hydrogen) atoms. The van der Waals surface area contributed by atoms with Gasteiger partial charge in [0.15, 0.2) is 5.13 Å². The number of fused-ring (bicyclic) bond motifs is 1. The minimum absolute atomic E-state index is 0.0481. The maximum atomic E-state index is 12.9. The van der Waals surface area contributed by atoms with Crippen LogP contribution in [0.5, 0.6) is 5.75 Å². The molecule has 4 rings (SSSR count). The maximum absolute atomic E-state index is 12.9. The summed E-state index contributed by atoms with van der Waals surface area (Å²) in [6.45, 7) is 0.399. The fourth-order valence-corrected chi connectivity index (χ4v) is 4.70. The lowest BCUT2D eigenvalue weighted by atomic mass is 9.90. The molecule has 0 spiro atoms. The lowest BCUT2D eigenvalue weighted by molar-refractivity contribution is -0.123. The zero-order valence-corrected chi connectivity index (χ0v) is 17.5. The van der Waals surface area contributed by atoms with Gasteiger partial charge in [0.05, 0.1) is 18.7 Å². The summed E-state index contributed by atoms with van der Waals surface area (Å²) >= 11 is 1.46. The largest absolute Gasteiger partial charge is 0.496 e. The third-order valence-corrected chi connectivity index (χ3v) is 6.22. The number of hydrogen-bond acceptors (Lipinski definition) is 5. The normalized spacial score (nSPS) is 15.2. The van der Waals surface area contributed by atoms with Crippen molar-refractivity contribution in [2.45, 2.75) is 31.7 Å². The minimum atomic E-state index is -0.304. The molecule has 2 amide bonds. The highest BCUT2D eigenvalue weighted by molar-refractivity contribution is 7.16. The molecule has 1 heterocycles. The van der Waals surface area contributed by atoms with Crippen molar-refractivity contribution in [3.8, 4) is 5.75 Å².